The van der Waals surface area contributed by atoms with Crippen LogP contribution in [0.5, 0.6) is 0 Å². The molecule has 6 unspecified atom stereocenters. The Morgan fingerprint density at radius 1 is 0.597 bits per heavy atom. The average molecular weight is 1150 g/mol. The largest absolute Gasteiger partial charge is 0.374 e. The number of urea groups is 2. The first-order valence-corrected chi connectivity index (χ1v) is 31.2. The van der Waals surface area contributed by atoms with Crippen molar-refractivity contribution in [3.05, 3.63) is 0 Å². The van der Waals surface area contributed by atoms with Crippen LogP contribution < -0.4 is 10.6 Å². The molecule has 11 fully saturated rings. The van der Waals surface area contributed by atoms with Crippen molar-refractivity contribution in [2.24, 2.45) is 0 Å². The zero-order valence-corrected chi connectivity index (χ0v) is 51.1. The van der Waals surface area contributed by atoms with Crippen molar-refractivity contribution in [3.63, 3.8) is 0 Å². The molecule has 6 atom stereocenters. The van der Waals surface area contributed by atoms with Crippen LogP contribution in [0.15, 0.2) is 0 Å². The number of fused-ring (bicyclic) bond motifs is 6. The molecule has 11 aliphatic rings. The molecule has 11 aliphatic heterocycles. The topological polar surface area (TPSA) is 271 Å². The van der Waals surface area contributed by atoms with Crippen molar-refractivity contribution in [1.29, 1.82) is 0 Å². The number of likely N-dealkylation sites (tertiary alicyclic amines) is 4. The summed E-state index contributed by atoms with van der Waals surface area (Å²) in [5.74, 6) is 1.12. The van der Waals surface area contributed by atoms with Gasteiger partial charge in [0.2, 0.25) is 47.8 Å². The molecule has 11 heterocycles. The van der Waals surface area contributed by atoms with Gasteiger partial charge < -0.3 is 39.9 Å². The van der Waals surface area contributed by atoms with Crippen molar-refractivity contribution >= 4 is 65.8 Å². The SMILES string of the molecule is CC(=O)N1CC2CC1CN2.CC(=O)N1CC2CC1CN2C.CC(=O)N1CC2CC1CO2.CN1C(=O)NC(C)(C)C1=O.CN1C(C)(C)CCS1(=O)=O.CN1CCC(C)(C)S1(=O)=O.CN1CCCS1(=O)=O.CN1CCN(C)C1=O. The van der Waals surface area contributed by atoms with Gasteiger partial charge >= 0.3 is 12.1 Å². The lowest BCUT2D eigenvalue weighted by Crippen LogP contribution is -2.46. The minimum Gasteiger partial charge on any atom is -0.374 e. The second-order valence-electron chi connectivity index (χ2n) is 23.6. The second-order valence-corrected chi connectivity index (χ2v) is 30.5. The van der Waals surface area contributed by atoms with Gasteiger partial charge in [-0.25, -0.2) is 43.5 Å². The fourth-order valence-corrected chi connectivity index (χ4v) is 15.2. The van der Waals surface area contributed by atoms with E-state index in [9.17, 15) is 54.0 Å². The number of nitrogens with one attached hydrogen (secondary N) is 2. The Labute approximate surface area is 459 Å². The number of hydrogen-bond acceptors (Lipinski definition) is 15. The molecule has 0 aromatic rings. The summed E-state index contributed by atoms with van der Waals surface area (Å²) in [6, 6.07) is 2.45. The third-order valence-corrected chi connectivity index (χ3v) is 23.0. The Bertz CT molecular complexity index is 2430. The van der Waals surface area contributed by atoms with Gasteiger partial charge in [0.25, 0.3) is 5.91 Å². The Kier molecular flexibility index (Phi) is 22.0. The second kappa shape index (κ2) is 25.8. The number of nitrogens with zero attached hydrogens (tertiary/aromatic N) is 10. The third kappa shape index (κ3) is 16.4. The maximum Gasteiger partial charge on any atom is 0.324 e. The lowest BCUT2D eigenvalue weighted by molar-refractivity contribution is -0.133. The van der Waals surface area contributed by atoms with Crippen LogP contribution in [0.4, 0.5) is 9.59 Å². The molecule has 0 spiro atoms. The van der Waals surface area contributed by atoms with Crippen LogP contribution in [0.2, 0.25) is 0 Å². The highest BCUT2D eigenvalue weighted by Gasteiger charge is 2.45. The van der Waals surface area contributed by atoms with E-state index in [1.807, 2.05) is 42.6 Å². The normalized spacial score (nSPS) is 31.0. The van der Waals surface area contributed by atoms with Crippen LogP contribution in [0.3, 0.4) is 0 Å². The lowest BCUT2D eigenvalue weighted by atomic mass is 10.0. The maximum absolute atomic E-state index is 11.3. The van der Waals surface area contributed by atoms with E-state index in [4.69, 9.17) is 4.74 Å². The van der Waals surface area contributed by atoms with Gasteiger partial charge in [0, 0.05) is 152 Å². The summed E-state index contributed by atoms with van der Waals surface area (Å²) in [5.41, 5.74) is -0.884. The van der Waals surface area contributed by atoms with Crippen LogP contribution in [-0.4, -0.2) is 287 Å². The smallest absolute Gasteiger partial charge is 0.324 e. The number of carbonyl (C=O) groups excluding carboxylic acids is 6. The van der Waals surface area contributed by atoms with Crippen LogP contribution in [-0.2, 0) is 54.0 Å². The van der Waals surface area contributed by atoms with E-state index in [0.717, 1.165) is 83.0 Å². The molecule has 8 amide bonds. The van der Waals surface area contributed by atoms with Gasteiger partial charge in [0.15, 0.2) is 0 Å². The number of imide groups is 1. The number of carbonyl (C=O) groups is 6. The van der Waals surface area contributed by atoms with Gasteiger partial charge in [-0.05, 0) is 87.1 Å². The molecular weight excluding hydrogens is 1060 g/mol. The highest BCUT2D eigenvalue weighted by Crippen LogP contribution is 2.32. The first-order valence-electron chi connectivity index (χ1n) is 26.6. The first-order chi connectivity index (χ1) is 35.3. The van der Waals surface area contributed by atoms with Gasteiger partial charge in [-0.3, -0.25) is 29.0 Å². The van der Waals surface area contributed by atoms with E-state index < -0.39 is 40.4 Å². The first kappa shape index (κ1) is 65.7. The molecular formula is C49H92N12O13S3. The number of ether oxygens (including phenoxy) is 1. The molecule has 0 aliphatic carbocycles. The molecule has 0 saturated carbocycles. The Morgan fingerprint density at radius 2 is 1.16 bits per heavy atom. The molecule has 77 heavy (non-hydrogen) atoms. The maximum atomic E-state index is 11.3. The van der Waals surface area contributed by atoms with Crippen molar-refractivity contribution in [2.45, 2.75) is 153 Å². The molecule has 0 aromatic carbocycles. The summed E-state index contributed by atoms with van der Waals surface area (Å²) in [4.78, 5) is 78.3. The van der Waals surface area contributed by atoms with E-state index >= 15 is 0 Å². The summed E-state index contributed by atoms with van der Waals surface area (Å²) in [5, 5.41) is 5.88. The average Bonchev–Trinajstić information content (AvgIpc) is 4.24. The van der Waals surface area contributed by atoms with Crippen LogP contribution in [0, 0.1) is 0 Å². The number of hydrogen-bond donors (Lipinski definition) is 2. The molecule has 0 radical (unpaired) electrons. The Hall–Kier alpha value is -3.77. The molecule has 6 bridgehead atoms. The van der Waals surface area contributed by atoms with E-state index in [-0.39, 0.29) is 41.2 Å². The minimum atomic E-state index is -2.97. The Balaban J connectivity index is 0.000000190. The zero-order valence-electron chi connectivity index (χ0n) is 48.7. The number of piperazine rings is 2. The molecule has 25 nitrogen and oxygen atoms in total. The highest BCUT2D eigenvalue weighted by atomic mass is 32.2. The van der Waals surface area contributed by atoms with Gasteiger partial charge in [-0.2, -0.15) is 4.31 Å². The quantitative estimate of drug-likeness (QED) is 0.301. The lowest BCUT2D eigenvalue weighted by Gasteiger charge is -2.31. The molecule has 11 rings (SSSR count). The molecule has 28 heteroatoms. The van der Waals surface area contributed by atoms with Crippen molar-refractivity contribution in [3.8, 4) is 0 Å². The van der Waals surface area contributed by atoms with E-state index in [1.54, 1.807) is 79.4 Å². The summed E-state index contributed by atoms with van der Waals surface area (Å²) >= 11 is 0. The molecule has 444 valence electrons. The molecule has 0 aromatic heterocycles. The zero-order chi connectivity index (χ0) is 58.6. The van der Waals surface area contributed by atoms with Crippen molar-refractivity contribution in [2.75, 3.05) is 126 Å². The number of amides is 8. The van der Waals surface area contributed by atoms with E-state index in [2.05, 4.69) is 22.6 Å². The number of morpholine rings is 1. The monoisotopic (exact) mass is 1150 g/mol. The fraction of sp³-hybridized carbons (Fsp3) is 0.878. The van der Waals surface area contributed by atoms with Gasteiger partial charge in [-0.1, -0.05) is 0 Å². The third-order valence-electron chi connectivity index (χ3n) is 16.4. The molecule has 2 N–H and O–H groups in total. The van der Waals surface area contributed by atoms with Gasteiger partial charge in [0.05, 0.1) is 35.0 Å². The van der Waals surface area contributed by atoms with Crippen LogP contribution in [0.25, 0.3) is 0 Å². The standard InChI is InChI=1S/C8H14N2O.C7H12N2O.C7H11NO2.C6H10N2O2.2C6H13NO2S.C5H10N2O.C4H9NO2S/c1-6(11)10-5-7-3-8(10)4-9(7)2;1-5(10)9-4-6-2-7(9)3-8-6;1-5(9)8-3-7-2-6(8)4-10-7;1-6(2)4(9)8(3)5(10)7-6;1-6(2)4-5-10(8,9)7(6)3;1-6(2)4-5-7(3)10(6,8)9;1-6-3-4-7(2)5(6)8;1-5-3-2-4-8(5,6)7/h7-8H,3-5H2,1-2H3;6-8H,2-4H2,1H3;6-7H,2-4H2,1H3;1-3H3,(H,7,10);2*4-5H2,1-3H3;3-4H2,1-2H3;2-4H2,1H3. The Morgan fingerprint density at radius 3 is 1.35 bits per heavy atom. The summed E-state index contributed by atoms with van der Waals surface area (Å²) < 4.78 is 75.3. The van der Waals surface area contributed by atoms with E-state index in [1.165, 1.54) is 32.8 Å². The summed E-state index contributed by atoms with van der Waals surface area (Å²) in [7, 11) is 3.45. The summed E-state index contributed by atoms with van der Waals surface area (Å²) in [6.45, 7) is 24.4. The van der Waals surface area contributed by atoms with Crippen LogP contribution in [0.1, 0.15) is 101 Å². The van der Waals surface area contributed by atoms with Gasteiger partial charge in [0.1, 0.15) is 5.54 Å². The molecule has 11 saturated heterocycles. The van der Waals surface area contributed by atoms with Crippen LogP contribution >= 0.6 is 0 Å². The predicted molar refractivity (Wildman–Crippen MR) is 293 cm³/mol. The number of likely N-dealkylation sites (N-methyl/N-ethyl adjacent to an activating group) is 4. The van der Waals surface area contributed by atoms with Crippen molar-refractivity contribution < 1.29 is 58.8 Å². The van der Waals surface area contributed by atoms with E-state index in [0.29, 0.717) is 60.9 Å². The summed E-state index contributed by atoms with van der Waals surface area (Å²) in [6.07, 6.45) is 6.03. The minimum absolute atomic E-state index is 0.130. The highest BCUT2D eigenvalue weighted by molar-refractivity contribution is 7.90. The van der Waals surface area contributed by atoms with Gasteiger partial charge in [-0.15, -0.1) is 0 Å². The van der Waals surface area contributed by atoms with Crippen molar-refractivity contribution in [1.82, 2.24) is 57.8 Å². The number of rotatable bonds is 0. The predicted octanol–water partition coefficient (Wildman–Crippen LogP) is -0.0513. The number of sulfonamides is 3. The fourth-order valence-electron chi connectivity index (χ4n) is 10.6.